The van der Waals surface area contributed by atoms with Crippen molar-refractivity contribution in [3.63, 3.8) is 0 Å². The number of hydrogen-bond donors (Lipinski definition) is 1. The van der Waals surface area contributed by atoms with E-state index in [-0.39, 0.29) is 23.7 Å². The number of rotatable bonds is 1. The minimum atomic E-state index is -0.211. The quantitative estimate of drug-likeness (QED) is 0.843. The van der Waals surface area contributed by atoms with Crippen LogP contribution in [0.25, 0.3) is 0 Å². The molecule has 1 saturated heterocycles. The SMILES string of the molecule is CC1(C(=O)N2CCc3ccccc32)CCNC1.Cl. The smallest absolute Gasteiger partial charge is 0.234 e. The van der Waals surface area contributed by atoms with Crippen LogP contribution in [0.4, 0.5) is 5.69 Å². The second kappa shape index (κ2) is 4.90. The molecule has 0 saturated carbocycles. The van der Waals surface area contributed by atoms with Crippen molar-refractivity contribution in [1.29, 1.82) is 0 Å². The van der Waals surface area contributed by atoms with Gasteiger partial charge >= 0.3 is 0 Å². The Morgan fingerprint density at radius 2 is 2.17 bits per heavy atom. The summed E-state index contributed by atoms with van der Waals surface area (Å²) < 4.78 is 0. The molecule has 1 aromatic rings. The first-order valence-electron chi connectivity index (χ1n) is 6.31. The molecule has 0 spiro atoms. The van der Waals surface area contributed by atoms with Crippen LogP contribution in [-0.2, 0) is 11.2 Å². The molecule has 3 nitrogen and oxygen atoms in total. The summed E-state index contributed by atoms with van der Waals surface area (Å²) in [6.45, 7) is 4.69. The Morgan fingerprint density at radius 1 is 1.39 bits per heavy atom. The molecular weight excluding hydrogens is 248 g/mol. The molecule has 0 radical (unpaired) electrons. The molecule has 2 heterocycles. The van der Waals surface area contributed by atoms with Gasteiger partial charge in [-0.3, -0.25) is 4.79 Å². The second-order valence-electron chi connectivity index (χ2n) is 5.32. The fraction of sp³-hybridized carbons (Fsp3) is 0.500. The summed E-state index contributed by atoms with van der Waals surface area (Å²) in [7, 11) is 0. The second-order valence-corrected chi connectivity index (χ2v) is 5.32. The van der Waals surface area contributed by atoms with Gasteiger partial charge in [0.2, 0.25) is 5.91 Å². The number of anilines is 1. The first-order valence-corrected chi connectivity index (χ1v) is 6.31. The summed E-state index contributed by atoms with van der Waals surface area (Å²) in [6, 6.07) is 8.25. The van der Waals surface area contributed by atoms with E-state index in [1.165, 1.54) is 5.56 Å². The summed E-state index contributed by atoms with van der Waals surface area (Å²) in [4.78, 5) is 14.6. The maximum atomic E-state index is 12.6. The Morgan fingerprint density at radius 3 is 2.89 bits per heavy atom. The third-order valence-electron chi connectivity index (χ3n) is 4.02. The number of fused-ring (bicyclic) bond motifs is 1. The maximum Gasteiger partial charge on any atom is 0.234 e. The number of halogens is 1. The molecular formula is C14H19ClN2O. The largest absolute Gasteiger partial charge is 0.316 e. The number of nitrogens with zero attached hydrogens (tertiary/aromatic N) is 1. The highest BCUT2D eigenvalue weighted by molar-refractivity contribution is 5.99. The topological polar surface area (TPSA) is 32.3 Å². The summed E-state index contributed by atoms with van der Waals surface area (Å²) >= 11 is 0. The number of carbonyl (C=O) groups is 1. The van der Waals surface area contributed by atoms with Gasteiger partial charge in [0.1, 0.15) is 0 Å². The van der Waals surface area contributed by atoms with Crippen molar-refractivity contribution in [2.24, 2.45) is 5.41 Å². The van der Waals surface area contributed by atoms with Crippen LogP contribution in [0.15, 0.2) is 24.3 Å². The number of nitrogens with one attached hydrogen (secondary N) is 1. The molecule has 1 atom stereocenters. The van der Waals surface area contributed by atoms with Gasteiger partial charge in [-0.05, 0) is 37.9 Å². The lowest BCUT2D eigenvalue weighted by Crippen LogP contribution is -2.43. The molecule has 1 fully saturated rings. The monoisotopic (exact) mass is 266 g/mol. The van der Waals surface area contributed by atoms with Crippen molar-refractivity contribution in [3.8, 4) is 0 Å². The van der Waals surface area contributed by atoms with Crippen LogP contribution in [0.5, 0.6) is 0 Å². The molecule has 1 N–H and O–H groups in total. The van der Waals surface area contributed by atoms with E-state index < -0.39 is 0 Å². The average molecular weight is 267 g/mol. The molecule has 0 aliphatic carbocycles. The van der Waals surface area contributed by atoms with Gasteiger partial charge in [-0.25, -0.2) is 0 Å². The van der Waals surface area contributed by atoms with Gasteiger partial charge in [-0.15, -0.1) is 12.4 Å². The van der Waals surface area contributed by atoms with Crippen molar-refractivity contribution in [3.05, 3.63) is 29.8 Å². The lowest BCUT2D eigenvalue weighted by atomic mass is 9.88. The highest BCUT2D eigenvalue weighted by Crippen LogP contribution is 2.34. The van der Waals surface area contributed by atoms with Crippen molar-refractivity contribution < 1.29 is 4.79 Å². The summed E-state index contributed by atoms with van der Waals surface area (Å²) in [5.74, 6) is 0.285. The highest BCUT2D eigenvalue weighted by atomic mass is 35.5. The van der Waals surface area contributed by atoms with Crippen molar-refractivity contribution in [2.45, 2.75) is 19.8 Å². The zero-order chi connectivity index (χ0) is 11.9. The Bertz CT molecular complexity index is 455. The number of benzene rings is 1. The van der Waals surface area contributed by atoms with Gasteiger partial charge in [0, 0.05) is 18.8 Å². The Labute approximate surface area is 114 Å². The predicted molar refractivity (Wildman–Crippen MR) is 75.3 cm³/mol. The molecule has 3 rings (SSSR count). The minimum absolute atomic E-state index is 0. The van der Waals surface area contributed by atoms with E-state index in [0.717, 1.165) is 38.2 Å². The van der Waals surface area contributed by atoms with E-state index in [1.807, 2.05) is 17.0 Å². The van der Waals surface area contributed by atoms with Crippen LogP contribution >= 0.6 is 12.4 Å². The van der Waals surface area contributed by atoms with Crippen LogP contribution < -0.4 is 10.2 Å². The zero-order valence-corrected chi connectivity index (χ0v) is 11.4. The van der Waals surface area contributed by atoms with E-state index in [4.69, 9.17) is 0 Å². The molecule has 2 aliphatic rings. The maximum absolute atomic E-state index is 12.6. The van der Waals surface area contributed by atoms with Crippen LogP contribution in [0.1, 0.15) is 18.9 Å². The molecule has 1 unspecified atom stereocenters. The number of carbonyl (C=O) groups excluding carboxylic acids is 1. The number of para-hydroxylation sites is 1. The van der Waals surface area contributed by atoms with Gasteiger partial charge in [0.15, 0.2) is 0 Å². The molecule has 1 amide bonds. The number of amides is 1. The molecule has 18 heavy (non-hydrogen) atoms. The fourth-order valence-electron chi connectivity index (χ4n) is 2.87. The normalized spacial score (nSPS) is 25.7. The molecule has 2 aliphatic heterocycles. The fourth-order valence-corrected chi connectivity index (χ4v) is 2.87. The molecule has 4 heteroatoms. The van der Waals surface area contributed by atoms with E-state index in [1.54, 1.807) is 0 Å². The lowest BCUT2D eigenvalue weighted by molar-refractivity contribution is -0.126. The first-order chi connectivity index (χ1) is 8.21. The Kier molecular flexibility index (Phi) is 3.64. The summed E-state index contributed by atoms with van der Waals surface area (Å²) in [6.07, 6.45) is 1.94. The third kappa shape index (κ3) is 2.02. The third-order valence-corrected chi connectivity index (χ3v) is 4.02. The van der Waals surface area contributed by atoms with Crippen LogP contribution in [0, 0.1) is 5.41 Å². The number of hydrogen-bond acceptors (Lipinski definition) is 2. The van der Waals surface area contributed by atoms with Crippen molar-refractivity contribution in [1.82, 2.24) is 5.32 Å². The standard InChI is InChI=1S/C14H18N2O.ClH/c1-14(7-8-15-10-14)13(17)16-9-6-11-4-2-3-5-12(11)16;/h2-5,15H,6-10H2,1H3;1H. The molecule has 0 bridgehead atoms. The molecule has 0 aromatic heterocycles. The lowest BCUT2D eigenvalue weighted by Gasteiger charge is -2.28. The van der Waals surface area contributed by atoms with E-state index in [9.17, 15) is 4.79 Å². The van der Waals surface area contributed by atoms with Crippen LogP contribution in [0.2, 0.25) is 0 Å². The van der Waals surface area contributed by atoms with Crippen molar-refractivity contribution >= 4 is 24.0 Å². The highest BCUT2D eigenvalue weighted by Gasteiger charge is 2.41. The first kappa shape index (κ1) is 13.4. The zero-order valence-electron chi connectivity index (χ0n) is 10.6. The Balaban J connectivity index is 0.00000120. The molecule has 98 valence electrons. The van der Waals surface area contributed by atoms with Gasteiger partial charge < -0.3 is 10.2 Å². The van der Waals surface area contributed by atoms with E-state index in [2.05, 4.69) is 24.4 Å². The van der Waals surface area contributed by atoms with Gasteiger partial charge in [0.25, 0.3) is 0 Å². The van der Waals surface area contributed by atoms with Gasteiger partial charge in [-0.2, -0.15) is 0 Å². The van der Waals surface area contributed by atoms with Gasteiger partial charge in [0.05, 0.1) is 5.41 Å². The summed E-state index contributed by atoms with van der Waals surface area (Å²) in [5.41, 5.74) is 2.21. The molecule has 1 aromatic carbocycles. The average Bonchev–Trinajstić information content (AvgIpc) is 2.95. The minimum Gasteiger partial charge on any atom is -0.316 e. The predicted octanol–water partition coefficient (Wildman–Crippen LogP) is 2.00. The van der Waals surface area contributed by atoms with E-state index >= 15 is 0 Å². The van der Waals surface area contributed by atoms with Gasteiger partial charge in [-0.1, -0.05) is 18.2 Å². The summed E-state index contributed by atoms with van der Waals surface area (Å²) in [5, 5.41) is 3.29. The van der Waals surface area contributed by atoms with Crippen LogP contribution in [-0.4, -0.2) is 25.5 Å². The van der Waals surface area contributed by atoms with Crippen LogP contribution in [0.3, 0.4) is 0 Å². The Hall–Kier alpha value is -1.06. The van der Waals surface area contributed by atoms with Crippen molar-refractivity contribution in [2.75, 3.05) is 24.5 Å². The van der Waals surface area contributed by atoms with E-state index in [0.29, 0.717) is 0 Å².